The van der Waals surface area contributed by atoms with Gasteiger partial charge in [-0.05, 0) is 19.4 Å². The molecule has 2 nitrogen and oxygen atoms in total. The first kappa shape index (κ1) is 11.0. The number of nitrogens with one attached hydrogen (secondary N) is 1. The Balaban J connectivity index is 3.77. The predicted molar refractivity (Wildman–Crippen MR) is 51.4 cm³/mol. The molecule has 0 saturated carbocycles. The Hall–Kier alpha value is -0.0151. The van der Waals surface area contributed by atoms with Gasteiger partial charge in [0.1, 0.15) is 0 Å². The summed E-state index contributed by atoms with van der Waals surface area (Å²) < 4.78 is 0. The number of rotatable bonds is 3. The summed E-state index contributed by atoms with van der Waals surface area (Å²) in [6, 6.07) is 0.490. The van der Waals surface area contributed by atoms with Crippen molar-refractivity contribution in [2.24, 2.45) is 5.41 Å². The normalized spacial score (nSPS) is 15.2. The molecule has 0 aliphatic carbocycles. The molecule has 1 unspecified atom stereocenters. The van der Waals surface area contributed by atoms with Crippen molar-refractivity contribution in [3.05, 3.63) is 0 Å². The molecule has 0 aromatic heterocycles. The Morgan fingerprint density at radius 2 is 1.82 bits per heavy atom. The number of nitrogens with zero attached hydrogens (tertiary/aromatic N) is 1. The maximum atomic E-state index is 3.35. The fraction of sp³-hybridized carbons (Fsp3) is 1.00. The van der Waals surface area contributed by atoms with Gasteiger partial charge in [-0.25, -0.2) is 0 Å². The zero-order valence-corrected chi connectivity index (χ0v) is 8.60. The third-order valence-corrected chi connectivity index (χ3v) is 2.08. The molecule has 11 heavy (non-hydrogen) atoms. The van der Waals surface area contributed by atoms with Crippen molar-refractivity contribution in [1.82, 2.24) is 10.3 Å². The highest BCUT2D eigenvalue weighted by molar-refractivity contribution is 6.29. The minimum atomic E-state index is 0.317. The third-order valence-electron chi connectivity index (χ3n) is 2.08. The first-order chi connectivity index (χ1) is 4.88. The Morgan fingerprint density at radius 1 is 1.36 bits per heavy atom. The van der Waals surface area contributed by atoms with Gasteiger partial charge in [0.15, 0.2) is 0 Å². The molecule has 1 atom stereocenters. The van der Waals surface area contributed by atoms with Crippen LogP contribution in [0.3, 0.4) is 0 Å². The van der Waals surface area contributed by atoms with Crippen LogP contribution in [0.25, 0.3) is 0 Å². The van der Waals surface area contributed by atoms with E-state index in [0.717, 1.165) is 0 Å². The van der Waals surface area contributed by atoms with Gasteiger partial charge in [-0.3, -0.25) is 10.3 Å². The molecule has 0 aliphatic rings. The summed E-state index contributed by atoms with van der Waals surface area (Å²) in [7, 11) is 4.03. The molecule has 0 amide bonds. The summed E-state index contributed by atoms with van der Waals surface area (Å²) in [6.45, 7) is 10.9. The molecule has 0 aromatic rings. The first-order valence-electron chi connectivity index (χ1n) is 4.16. The van der Waals surface area contributed by atoms with E-state index in [0.29, 0.717) is 11.5 Å². The molecule has 0 aromatic carbocycles. The van der Waals surface area contributed by atoms with Crippen LogP contribution in [0.15, 0.2) is 0 Å². The third kappa shape index (κ3) is 4.43. The summed E-state index contributed by atoms with van der Waals surface area (Å²) in [6.07, 6.45) is 0. The van der Waals surface area contributed by atoms with E-state index in [2.05, 4.69) is 33.1 Å². The van der Waals surface area contributed by atoms with Crippen LogP contribution in [0.5, 0.6) is 0 Å². The molecule has 3 heteroatoms. The van der Waals surface area contributed by atoms with E-state index >= 15 is 0 Å². The fourth-order valence-corrected chi connectivity index (χ4v) is 0.574. The molecular weight excluding hydrogens is 135 g/mol. The van der Waals surface area contributed by atoms with Crippen LogP contribution < -0.4 is 5.43 Å². The minimum Gasteiger partial charge on any atom is -0.293 e. The Kier molecular flexibility index (Phi) is 4.12. The van der Waals surface area contributed by atoms with Crippen molar-refractivity contribution in [3.63, 3.8) is 0 Å². The van der Waals surface area contributed by atoms with Crippen molar-refractivity contribution >= 4 is 7.41 Å². The largest absolute Gasteiger partial charge is 0.293 e. The lowest BCUT2D eigenvalue weighted by Gasteiger charge is -2.32. The Bertz CT molecular complexity index is 109. The molecule has 1 radical (unpaired) electrons. The lowest BCUT2D eigenvalue weighted by Crippen LogP contribution is -2.47. The highest BCUT2D eigenvalue weighted by atomic mass is 15.5. The Labute approximate surface area is 71.6 Å². The van der Waals surface area contributed by atoms with Crippen molar-refractivity contribution < 1.29 is 0 Å². The maximum Gasteiger partial charge on any atom is 0.226 e. The van der Waals surface area contributed by atoms with Crippen LogP contribution in [0.4, 0.5) is 0 Å². The van der Waals surface area contributed by atoms with E-state index in [1.807, 2.05) is 26.2 Å². The summed E-state index contributed by atoms with van der Waals surface area (Å²) in [5.41, 5.74) is 3.66. The molecule has 0 rings (SSSR count). The van der Waals surface area contributed by atoms with Crippen LogP contribution in [0, 0.1) is 5.41 Å². The number of hydrogen-bond acceptors (Lipinski definition) is 2. The molecule has 0 saturated heterocycles. The van der Waals surface area contributed by atoms with Gasteiger partial charge in [-0.15, -0.1) is 0 Å². The van der Waals surface area contributed by atoms with E-state index in [1.165, 1.54) is 0 Å². The van der Waals surface area contributed by atoms with Gasteiger partial charge < -0.3 is 0 Å². The monoisotopic (exact) mass is 155 g/mol. The summed E-state index contributed by atoms with van der Waals surface area (Å²) in [5, 5.41) is 0. The SMILES string of the molecule is C[B]N(C)NC(C)C(C)(C)C. The minimum absolute atomic E-state index is 0.317. The molecular formula is C8H20BN2. The predicted octanol–water partition coefficient (Wildman–Crippen LogP) is 1.52. The fourth-order valence-electron chi connectivity index (χ4n) is 0.574. The van der Waals surface area contributed by atoms with E-state index in [1.54, 1.807) is 0 Å². The summed E-state index contributed by atoms with van der Waals surface area (Å²) in [4.78, 5) is 2.00. The van der Waals surface area contributed by atoms with Crippen molar-refractivity contribution in [2.45, 2.75) is 40.6 Å². The standard InChI is InChI=1S/C8H20BN2/c1-7(8(2,3)4)10-11(6)9-5/h7,10H,1-6H3. The van der Waals surface area contributed by atoms with Gasteiger partial charge in [0.2, 0.25) is 7.41 Å². The second-order valence-electron chi connectivity index (χ2n) is 4.09. The molecule has 0 fully saturated rings. The highest BCUT2D eigenvalue weighted by Gasteiger charge is 2.19. The second kappa shape index (κ2) is 4.12. The van der Waals surface area contributed by atoms with Gasteiger partial charge in [0, 0.05) is 6.04 Å². The van der Waals surface area contributed by atoms with Crippen molar-refractivity contribution in [2.75, 3.05) is 7.05 Å². The van der Waals surface area contributed by atoms with Crippen LogP contribution >= 0.6 is 0 Å². The van der Waals surface area contributed by atoms with E-state index in [4.69, 9.17) is 0 Å². The quantitative estimate of drug-likeness (QED) is 0.491. The van der Waals surface area contributed by atoms with Gasteiger partial charge in [-0.1, -0.05) is 27.6 Å². The summed E-state index contributed by atoms with van der Waals surface area (Å²) >= 11 is 0. The Morgan fingerprint density at radius 3 is 2.09 bits per heavy atom. The van der Waals surface area contributed by atoms with Crippen LogP contribution in [-0.4, -0.2) is 25.4 Å². The van der Waals surface area contributed by atoms with Crippen molar-refractivity contribution in [1.29, 1.82) is 0 Å². The average Bonchev–Trinajstić information content (AvgIpc) is 1.85. The van der Waals surface area contributed by atoms with Gasteiger partial charge in [0.05, 0.1) is 0 Å². The topological polar surface area (TPSA) is 15.3 Å². The van der Waals surface area contributed by atoms with Crippen molar-refractivity contribution in [3.8, 4) is 0 Å². The van der Waals surface area contributed by atoms with Crippen LogP contribution in [0.1, 0.15) is 27.7 Å². The van der Waals surface area contributed by atoms with Crippen LogP contribution in [0.2, 0.25) is 6.82 Å². The maximum absolute atomic E-state index is 3.35. The summed E-state index contributed by atoms with van der Waals surface area (Å²) in [5.74, 6) is 0. The molecule has 65 valence electrons. The van der Waals surface area contributed by atoms with Gasteiger partial charge >= 0.3 is 0 Å². The van der Waals surface area contributed by atoms with Crippen LogP contribution in [-0.2, 0) is 0 Å². The lowest BCUT2D eigenvalue weighted by molar-refractivity contribution is 0.210. The number of hydrogen-bond donors (Lipinski definition) is 1. The van der Waals surface area contributed by atoms with Gasteiger partial charge in [-0.2, -0.15) is 0 Å². The lowest BCUT2D eigenvalue weighted by atomic mass is 9.88. The zero-order chi connectivity index (χ0) is 9.07. The van der Waals surface area contributed by atoms with Gasteiger partial charge in [0.25, 0.3) is 0 Å². The number of hydrazine groups is 1. The smallest absolute Gasteiger partial charge is 0.226 e. The first-order valence-corrected chi connectivity index (χ1v) is 4.16. The van der Waals surface area contributed by atoms with E-state index in [9.17, 15) is 0 Å². The highest BCUT2D eigenvalue weighted by Crippen LogP contribution is 2.18. The van der Waals surface area contributed by atoms with E-state index in [-0.39, 0.29) is 0 Å². The van der Waals surface area contributed by atoms with E-state index < -0.39 is 0 Å². The molecule has 1 N–H and O–H groups in total. The molecule has 0 bridgehead atoms. The molecule has 0 aliphatic heterocycles. The second-order valence-corrected chi connectivity index (χ2v) is 4.09. The average molecular weight is 155 g/mol. The molecule has 0 spiro atoms. The zero-order valence-electron chi connectivity index (χ0n) is 8.60. The molecule has 0 heterocycles.